The van der Waals surface area contributed by atoms with Crippen molar-refractivity contribution in [2.45, 2.75) is 43.9 Å². The molecule has 0 spiro atoms. The number of hydrogen-bond acceptors (Lipinski definition) is 5. The third-order valence-corrected chi connectivity index (χ3v) is 4.40. The van der Waals surface area contributed by atoms with Crippen molar-refractivity contribution in [2.24, 2.45) is 0 Å². The zero-order chi connectivity index (χ0) is 15.5. The van der Waals surface area contributed by atoms with Crippen LogP contribution < -0.4 is 4.74 Å². The Morgan fingerprint density at radius 2 is 2.14 bits per heavy atom. The molecule has 2 rings (SSSR count). The standard InChI is InChI=1S/C15H27N3O3/c1-17(2)8-9-18-14(13(20-3)11-16-18)12(19)10-15(21-4)6-5-7-15/h11-12,19H,5-10H2,1-4H3. The summed E-state index contributed by atoms with van der Waals surface area (Å²) in [5, 5.41) is 15.0. The Kier molecular flexibility index (Phi) is 5.24. The Morgan fingerprint density at radius 3 is 2.62 bits per heavy atom. The van der Waals surface area contributed by atoms with Gasteiger partial charge in [-0.05, 0) is 33.4 Å². The number of aliphatic hydroxyl groups excluding tert-OH is 1. The van der Waals surface area contributed by atoms with E-state index in [1.54, 1.807) is 20.4 Å². The van der Waals surface area contributed by atoms with Gasteiger partial charge in [0.15, 0.2) is 5.75 Å². The SMILES string of the molecule is COc1cnn(CCN(C)C)c1C(O)CC1(OC)CCC1. The topological polar surface area (TPSA) is 59.8 Å². The predicted molar refractivity (Wildman–Crippen MR) is 80.5 cm³/mol. The van der Waals surface area contributed by atoms with Gasteiger partial charge in [-0.2, -0.15) is 5.10 Å². The Labute approximate surface area is 126 Å². The fourth-order valence-corrected chi connectivity index (χ4v) is 2.86. The predicted octanol–water partition coefficient (Wildman–Crippen LogP) is 1.45. The summed E-state index contributed by atoms with van der Waals surface area (Å²) in [6.07, 6.45) is 4.83. The molecule has 1 N–H and O–H groups in total. The van der Waals surface area contributed by atoms with E-state index in [-0.39, 0.29) is 5.60 Å². The van der Waals surface area contributed by atoms with Crippen molar-refractivity contribution in [2.75, 3.05) is 34.9 Å². The van der Waals surface area contributed by atoms with E-state index in [1.807, 2.05) is 18.8 Å². The molecule has 21 heavy (non-hydrogen) atoms. The minimum atomic E-state index is -0.620. The molecule has 1 aliphatic carbocycles. The molecule has 0 amide bonds. The van der Waals surface area contributed by atoms with Gasteiger partial charge in [0.05, 0.1) is 25.5 Å². The number of rotatable bonds is 8. The third kappa shape index (κ3) is 3.56. The van der Waals surface area contributed by atoms with Crippen LogP contribution in [0, 0.1) is 0 Å². The smallest absolute Gasteiger partial charge is 0.162 e. The molecule has 0 saturated heterocycles. The molecule has 1 aromatic heterocycles. The van der Waals surface area contributed by atoms with Gasteiger partial charge in [0.25, 0.3) is 0 Å². The lowest BCUT2D eigenvalue weighted by Crippen LogP contribution is -2.40. The van der Waals surface area contributed by atoms with Gasteiger partial charge in [0.1, 0.15) is 11.8 Å². The first-order valence-electron chi connectivity index (χ1n) is 7.49. The normalized spacial score (nSPS) is 18.6. The largest absolute Gasteiger partial charge is 0.493 e. The van der Waals surface area contributed by atoms with Crippen LogP contribution in [0.1, 0.15) is 37.5 Å². The highest BCUT2D eigenvalue weighted by Crippen LogP contribution is 2.43. The lowest BCUT2D eigenvalue weighted by molar-refractivity contribution is -0.101. The second-order valence-electron chi connectivity index (χ2n) is 6.09. The van der Waals surface area contributed by atoms with E-state index in [0.717, 1.165) is 38.0 Å². The molecule has 1 atom stereocenters. The fraction of sp³-hybridized carbons (Fsp3) is 0.800. The summed E-state index contributed by atoms with van der Waals surface area (Å²) in [6.45, 7) is 1.59. The molecule has 1 heterocycles. The first-order chi connectivity index (χ1) is 10.0. The molecule has 1 unspecified atom stereocenters. The quantitative estimate of drug-likeness (QED) is 0.787. The van der Waals surface area contributed by atoms with Crippen molar-refractivity contribution in [1.29, 1.82) is 0 Å². The van der Waals surface area contributed by atoms with E-state index in [9.17, 15) is 5.11 Å². The lowest BCUT2D eigenvalue weighted by atomic mass is 9.75. The van der Waals surface area contributed by atoms with E-state index in [0.29, 0.717) is 12.2 Å². The summed E-state index contributed by atoms with van der Waals surface area (Å²) in [5.74, 6) is 0.645. The number of ether oxygens (including phenoxy) is 2. The van der Waals surface area contributed by atoms with Crippen molar-refractivity contribution < 1.29 is 14.6 Å². The van der Waals surface area contributed by atoms with Gasteiger partial charge < -0.3 is 19.5 Å². The van der Waals surface area contributed by atoms with Crippen LogP contribution in [0.25, 0.3) is 0 Å². The van der Waals surface area contributed by atoms with Gasteiger partial charge in [-0.15, -0.1) is 0 Å². The Morgan fingerprint density at radius 1 is 1.43 bits per heavy atom. The van der Waals surface area contributed by atoms with Gasteiger partial charge in [-0.1, -0.05) is 0 Å². The van der Waals surface area contributed by atoms with E-state index in [1.165, 1.54) is 0 Å². The highest BCUT2D eigenvalue weighted by molar-refractivity contribution is 5.27. The van der Waals surface area contributed by atoms with Crippen LogP contribution in [-0.4, -0.2) is 60.2 Å². The molecule has 0 bridgehead atoms. The van der Waals surface area contributed by atoms with Crippen LogP contribution in [0.2, 0.25) is 0 Å². The molecule has 1 aromatic rings. The first-order valence-corrected chi connectivity index (χ1v) is 7.49. The van der Waals surface area contributed by atoms with Crippen molar-refractivity contribution in [1.82, 2.24) is 14.7 Å². The van der Waals surface area contributed by atoms with E-state index >= 15 is 0 Å². The van der Waals surface area contributed by atoms with Crippen LogP contribution in [0.5, 0.6) is 5.75 Å². The van der Waals surface area contributed by atoms with Gasteiger partial charge in [-0.3, -0.25) is 4.68 Å². The molecule has 0 aromatic carbocycles. The van der Waals surface area contributed by atoms with Crippen molar-refractivity contribution in [3.63, 3.8) is 0 Å². The number of aromatic nitrogens is 2. The number of methoxy groups -OCH3 is 2. The molecule has 6 heteroatoms. The summed E-state index contributed by atoms with van der Waals surface area (Å²) in [6, 6.07) is 0. The highest BCUT2D eigenvalue weighted by atomic mass is 16.5. The van der Waals surface area contributed by atoms with Gasteiger partial charge in [0.2, 0.25) is 0 Å². The second kappa shape index (κ2) is 6.77. The maximum absolute atomic E-state index is 10.7. The summed E-state index contributed by atoms with van der Waals surface area (Å²) in [4.78, 5) is 2.09. The Hall–Kier alpha value is -1.11. The molecule has 0 radical (unpaired) electrons. The molecule has 1 fully saturated rings. The summed E-state index contributed by atoms with van der Waals surface area (Å²) >= 11 is 0. The molecular formula is C15H27N3O3. The average Bonchev–Trinajstić information content (AvgIpc) is 2.83. The van der Waals surface area contributed by atoms with Crippen molar-refractivity contribution >= 4 is 0 Å². The van der Waals surface area contributed by atoms with Gasteiger partial charge in [-0.25, -0.2) is 0 Å². The fourth-order valence-electron chi connectivity index (χ4n) is 2.86. The molecule has 0 aliphatic heterocycles. The Bertz CT molecular complexity index is 450. The molecular weight excluding hydrogens is 270 g/mol. The van der Waals surface area contributed by atoms with E-state index in [2.05, 4.69) is 10.00 Å². The highest BCUT2D eigenvalue weighted by Gasteiger charge is 2.40. The maximum Gasteiger partial charge on any atom is 0.162 e. The third-order valence-electron chi connectivity index (χ3n) is 4.40. The Balaban J connectivity index is 2.13. The van der Waals surface area contributed by atoms with Gasteiger partial charge >= 0.3 is 0 Å². The lowest BCUT2D eigenvalue weighted by Gasteiger charge is -2.41. The van der Waals surface area contributed by atoms with Crippen molar-refractivity contribution in [3.05, 3.63) is 11.9 Å². The van der Waals surface area contributed by atoms with Crippen molar-refractivity contribution in [3.8, 4) is 5.75 Å². The van der Waals surface area contributed by atoms with Gasteiger partial charge in [0, 0.05) is 20.1 Å². The monoisotopic (exact) mass is 297 g/mol. The molecule has 6 nitrogen and oxygen atoms in total. The minimum absolute atomic E-state index is 0.179. The van der Waals surface area contributed by atoms with Crippen LogP contribution in [0.3, 0.4) is 0 Å². The first kappa shape index (κ1) is 16.3. The zero-order valence-electron chi connectivity index (χ0n) is 13.5. The number of aliphatic hydroxyl groups is 1. The number of hydrogen-bond donors (Lipinski definition) is 1. The number of nitrogens with zero attached hydrogens (tertiary/aromatic N) is 3. The molecule has 1 aliphatic rings. The zero-order valence-corrected chi connectivity index (χ0v) is 13.5. The van der Waals surface area contributed by atoms with E-state index in [4.69, 9.17) is 9.47 Å². The summed E-state index contributed by atoms with van der Waals surface area (Å²) in [7, 11) is 7.38. The maximum atomic E-state index is 10.7. The minimum Gasteiger partial charge on any atom is -0.493 e. The number of likely N-dealkylation sites (N-methyl/N-ethyl adjacent to an activating group) is 1. The van der Waals surface area contributed by atoms with E-state index < -0.39 is 6.10 Å². The van der Waals surface area contributed by atoms with Crippen LogP contribution in [0.15, 0.2) is 6.20 Å². The second-order valence-corrected chi connectivity index (χ2v) is 6.09. The summed E-state index contributed by atoms with van der Waals surface area (Å²) in [5.41, 5.74) is 0.573. The van der Waals surface area contributed by atoms with Crippen LogP contribution >= 0.6 is 0 Å². The summed E-state index contributed by atoms with van der Waals surface area (Å²) < 4.78 is 12.8. The average molecular weight is 297 g/mol. The van der Waals surface area contributed by atoms with Crippen LogP contribution in [-0.2, 0) is 11.3 Å². The molecule has 120 valence electrons. The van der Waals surface area contributed by atoms with Crippen LogP contribution in [0.4, 0.5) is 0 Å². The molecule has 1 saturated carbocycles.